The Kier molecular flexibility index (Phi) is 4.93. The van der Waals surface area contributed by atoms with Gasteiger partial charge >= 0.3 is 0 Å². The number of nitrogens with one attached hydrogen (secondary N) is 1. The van der Waals surface area contributed by atoms with Gasteiger partial charge in [0.15, 0.2) is 0 Å². The zero-order chi connectivity index (χ0) is 13.5. The van der Waals surface area contributed by atoms with E-state index in [2.05, 4.69) is 16.8 Å². The lowest BCUT2D eigenvalue weighted by Crippen LogP contribution is -2.32. The van der Waals surface area contributed by atoms with Gasteiger partial charge in [-0.1, -0.05) is 36.4 Å². The predicted molar refractivity (Wildman–Crippen MR) is 81.1 cm³/mol. The van der Waals surface area contributed by atoms with Crippen molar-refractivity contribution in [1.29, 1.82) is 0 Å². The molecule has 0 spiro atoms. The van der Waals surface area contributed by atoms with Crippen LogP contribution >= 0.6 is 11.3 Å². The summed E-state index contributed by atoms with van der Waals surface area (Å²) in [6.45, 7) is 2.02. The molecule has 0 fully saturated rings. The van der Waals surface area contributed by atoms with Crippen molar-refractivity contribution in [3.05, 3.63) is 64.4 Å². The minimum atomic E-state index is -0.0482. The second kappa shape index (κ2) is 6.90. The van der Waals surface area contributed by atoms with Gasteiger partial charge in [0.2, 0.25) is 5.91 Å². The van der Waals surface area contributed by atoms with E-state index in [1.165, 1.54) is 4.88 Å². The van der Waals surface area contributed by atoms with Crippen molar-refractivity contribution in [3.8, 4) is 0 Å². The highest BCUT2D eigenvalue weighted by molar-refractivity contribution is 7.09. The van der Waals surface area contributed by atoms with Gasteiger partial charge in [0.25, 0.3) is 0 Å². The molecular formula is C16H17NOS. The van der Waals surface area contributed by atoms with Crippen LogP contribution in [0, 0.1) is 0 Å². The van der Waals surface area contributed by atoms with E-state index in [0.717, 1.165) is 12.0 Å². The molecule has 19 heavy (non-hydrogen) atoms. The number of hydrogen-bond donors (Lipinski definition) is 1. The highest BCUT2D eigenvalue weighted by Gasteiger charge is 2.06. The molecule has 0 radical (unpaired) electrons. The Labute approximate surface area is 117 Å². The monoisotopic (exact) mass is 271 g/mol. The first kappa shape index (κ1) is 13.6. The number of carbonyl (C=O) groups excluding carboxylic acids is 1. The van der Waals surface area contributed by atoms with E-state index in [1.807, 2.05) is 49.4 Å². The zero-order valence-electron chi connectivity index (χ0n) is 10.9. The molecule has 3 heteroatoms. The van der Waals surface area contributed by atoms with Crippen LogP contribution < -0.4 is 5.32 Å². The van der Waals surface area contributed by atoms with Crippen LogP contribution in [0.25, 0.3) is 6.08 Å². The largest absolute Gasteiger partial charge is 0.350 e. The zero-order valence-corrected chi connectivity index (χ0v) is 11.7. The number of thiophene rings is 1. The van der Waals surface area contributed by atoms with Gasteiger partial charge in [-0.05, 0) is 30.0 Å². The van der Waals surface area contributed by atoms with Crippen molar-refractivity contribution in [2.24, 2.45) is 0 Å². The molecule has 1 amide bonds. The summed E-state index contributed by atoms with van der Waals surface area (Å²) in [6, 6.07) is 14.1. The van der Waals surface area contributed by atoms with Gasteiger partial charge in [0.05, 0.1) is 0 Å². The van der Waals surface area contributed by atoms with Crippen LogP contribution in [0.15, 0.2) is 53.9 Å². The van der Waals surface area contributed by atoms with Crippen LogP contribution in [-0.4, -0.2) is 11.9 Å². The third-order valence-corrected chi connectivity index (χ3v) is 3.60. The highest BCUT2D eigenvalue weighted by atomic mass is 32.1. The van der Waals surface area contributed by atoms with Crippen molar-refractivity contribution >= 4 is 23.3 Å². The number of hydrogen-bond acceptors (Lipinski definition) is 2. The SMILES string of the molecule is CC(Cc1cccs1)NC(=O)/C=C/c1ccccc1. The molecule has 1 atom stereocenters. The second-order valence-corrected chi connectivity index (χ2v) is 5.47. The fourth-order valence-electron chi connectivity index (χ4n) is 1.81. The molecule has 0 saturated heterocycles. The normalized spacial score (nSPS) is 12.5. The predicted octanol–water partition coefficient (Wildman–Crippen LogP) is 3.51. The molecule has 2 nitrogen and oxygen atoms in total. The van der Waals surface area contributed by atoms with Crippen molar-refractivity contribution in [2.45, 2.75) is 19.4 Å². The summed E-state index contributed by atoms with van der Waals surface area (Å²) >= 11 is 1.72. The molecule has 0 bridgehead atoms. The van der Waals surface area contributed by atoms with E-state index in [4.69, 9.17) is 0 Å². The number of amides is 1. The number of benzene rings is 1. The lowest BCUT2D eigenvalue weighted by Gasteiger charge is -2.10. The lowest BCUT2D eigenvalue weighted by atomic mass is 10.2. The van der Waals surface area contributed by atoms with Crippen molar-refractivity contribution in [3.63, 3.8) is 0 Å². The van der Waals surface area contributed by atoms with Crippen LogP contribution in [0.3, 0.4) is 0 Å². The second-order valence-electron chi connectivity index (χ2n) is 4.44. The summed E-state index contributed by atoms with van der Waals surface area (Å²) < 4.78 is 0. The van der Waals surface area contributed by atoms with Gasteiger partial charge in [-0.3, -0.25) is 4.79 Å². The molecule has 1 aromatic heterocycles. The Hall–Kier alpha value is -1.87. The average molecular weight is 271 g/mol. The quantitative estimate of drug-likeness (QED) is 0.828. The van der Waals surface area contributed by atoms with Gasteiger partial charge in [-0.15, -0.1) is 11.3 Å². The van der Waals surface area contributed by atoms with E-state index < -0.39 is 0 Å². The average Bonchev–Trinajstić information content (AvgIpc) is 2.90. The van der Waals surface area contributed by atoms with Crippen LogP contribution in [0.5, 0.6) is 0 Å². The molecule has 2 aromatic rings. The summed E-state index contributed by atoms with van der Waals surface area (Å²) in [6.07, 6.45) is 4.29. The van der Waals surface area contributed by atoms with Crippen LogP contribution in [0.1, 0.15) is 17.4 Å². The maximum atomic E-state index is 11.8. The van der Waals surface area contributed by atoms with E-state index in [-0.39, 0.29) is 11.9 Å². The summed E-state index contributed by atoms with van der Waals surface area (Å²) in [5.41, 5.74) is 1.03. The molecule has 1 heterocycles. The Bertz CT molecular complexity index is 531. The molecule has 1 aromatic carbocycles. The molecule has 0 aliphatic carbocycles. The van der Waals surface area contributed by atoms with E-state index in [0.29, 0.717) is 0 Å². The van der Waals surface area contributed by atoms with Gasteiger partial charge in [0, 0.05) is 23.4 Å². The Morgan fingerprint density at radius 1 is 1.26 bits per heavy atom. The molecule has 0 aliphatic rings. The number of carbonyl (C=O) groups is 1. The third-order valence-electron chi connectivity index (χ3n) is 2.70. The molecule has 0 aliphatic heterocycles. The summed E-state index contributed by atoms with van der Waals surface area (Å²) in [5.74, 6) is -0.0482. The first-order valence-electron chi connectivity index (χ1n) is 6.30. The van der Waals surface area contributed by atoms with E-state index in [1.54, 1.807) is 17.4 Å². The molecule has 1 N–H and O–H groups in total. The van der Waals surface area contributed by atoms with Crippen molar-refractivity contribution in [1.82, 2.24) is 5.32 Å². The molecule has 1 unspecified atom stereocenters. The van der Waals surface area contributed by atoms with E-state index >= 15 is 0 Å². The lowest BCUT2D eigenvalue weighted by molar-refractivity contribution is -0.117. The highest BCUT2D eigenvalue weighted by Crippen LogP contribution is 2.10. The standard InChI is InChI=1S/C16H17NOS/c1-13(12-15-8-5-11-19-15)17-16(18)10-9-14-6-3-2-4-7-14/h2-11,13H,12H2,1H3,(H,17,18)/b10-9+. The Balaban J connectivity index is 1.82. The third kappa shape index (κ3) is 4.72. The fraction of sp³-hybridized carbons (Fsp3) is 0.188. The minimum absolute atomic E-state index is 0.0482. The van der Waals surface area contributed by atoms with Gasteiger partial charge < -0.3 is 5.32 Å². The fourth-order valence-corrected chi connectivity index (χ4v) is 2.64. The topological polar surface area (TPSA) is 29.1 Å². The van der Waals surface area contributed by atoms with Gasteiger partial charge in [-0.2, -0.15) is 0 Å². The Morgan fingerprint density at radius 3 is 2.74 bits per heavy atom. The first-order chi connectivity index (χ1) is 9.24. The molecule has 0 saturated carbocycles. The summed E-state index contributed by atoms with van der Waals surface area (Å²) in [4.78, 5) is 13.1. The van der Waals surface area contributed by atoms with E-state index in [9.17, 15) is 4.79 Å². The first-order valence-corrected chi connectivity index (χ1v) is 7.18. The smallest absolute Gasteiger partial charge is 0.244 e. The maximum absolute atomic E-state index is 11.8. The summed E-state index contributed by atoms with van der Waals surface area (Å²) in [7, 11) is 0. The summed E-state index contributed by atoms with van der Waals surface area (Å²) in [5, 5.41) is 5.02. The van der Waals surface area contributed by atoms with Crippen molar-refractivity contribution < 1.29 is 4.79 Å². The minimum Gasteiger partial charge on any atom is -0.350 e. The van der Waals surface area contributed by atoms with Crippen LogP contribution in [0.4, 0.5) is 0 Å². The van der Waals surface area contributed by atoms with Gasteiger partial charge in [-0.25, -0.2) is 0 Å². The van der Waals surface area contributed by atoms with Crippen LogP contribution in [0.2, 0.25) is 0 Å². The maximum Gasteiger partial charge on any atom is 0.244 e. The Morgan fingerprint density at radius 2 is 2.05 bits per heavy atom. The van der Waals surface area contributed by atoms with Crippen molar-refractivity contribution in [2.75, 3.05) is 0 Å². The van der Waals surface area contributed by atoms with Gasteiger partial charge in [0.1, 0.15) is 0 Å². The van der Waals surface area contributed by atoms with Crippen LogP contribution in [-0.2, 0) is 11.2 Å². The molecule has 2 rings (SSSR count). The number of rotatable bonds is 5. The molecular weight excluding hydrogens is 254 g/mol. The molecule has 98 valence electrons.